The summed E-state index contributed by atoms with van der Waals surface area (Å²) in [6.45, 7) is 5.75. The van der Waals surface area contributed by atoms with Crippen LogP contribution >= 0.6 is 0 Å². The van der Waals surface area contributed by atoms with Crippen molar-refractivity contribution in [2.75, 3.05) is 6.54 Å². The van der Waals surface area contributed by atoms with Crippen LogP contribution in [0.3, 0.4) is 0 Å². The standard InChI is InChI=1S/C12H21NO2/c1-3-11(14)5-4-7-13-9-12-10(2)6-8-15-12/h6,8,11,13-14H,3-5,7,9H2,1-2H3. The monoisotopic (exact) mass is 211 g/mol. The van der Waals surface area contributed by atoms with E-state index in [2.05, 4.69) is 5.32 Å². The van der Waals surface area contributed by atoms with Crippen LogP contribution in [0.2, 0.25) is 0 Å². The second kappa shape index (κ2) is 6.64. The van der Waals surface area contributed by atoms with Gasteiger partial charge in [-0.1, -0.05) is 6.92 Å². The third kappa shape index (κ3) is 4.49. The number of rotatable bonds is 7. The Morgan fingerprint density at radius 3 is 2.93 bits per heavy atom. The zero-order chi connectivity index (χ0) is 11.1. The van der Waals surface area contributed by atoms with E-state index in [1.165, 1.54) is 5.56 Å². The first-order valence-corrected chi connectivity index (χ1v) is 5.65. The fraction of sp³-hybridized carbons (Fsp3) is 0.667. The Balaban J connectivity index is 2.05. The predicted molar refractivity (Wildman–Crippen MR) is 60.7 cm³/mol. The van der Waals surface area contributed by atoms with Crippen molar-refractivity contribution in [1.82, 2.24) is 5.32 Å². The summed E-state index contributed by atoms with van der Waals surface area (Å²) in [6, 6.07) is 1.97. The van der Waals surface area contributed by atoms with Crippen LogP contribution in [0, 0.1) is 6.92 Å². The van der Waals surface area contributed by atoms with E-state index in [4.69, 9.17) is 4.42 Å². The first-order chi connectivity index (χ1) is 7.24. The van der Waals surface area contributed by atoms with E-state index in [9.17, 15) is 5.11 Å². The summed E-state index contributed by atoms with van der Waals surface area (Å²) in [5.41, 5.74) is 1.19. The fourth-order valence-corrected chi connectivity index (χ4v) is 1.45. The highest BCUT2D eigenvalue weighted by atomic mass is 16.3. The van der Waals surface area contributed by atoms with Crippen LogP contribution in [-0.2, 0) is 6.54 Å². The van der Waals surface area contributed by atoms with Crippen molar-refractivity contribution in [3.05, 3.63) is 23.7 Å². The third-order valence-corrected chi connectivity index (χ3v) is 2.62. The Labute approximate surface area is 91.5 Å². The molecule has 3 heteroatoms. The molecule has 1 aromatic rings. The molecular formula is C12H21NO2. The summed E-state index contributed by atoms with van der Waals surface area (Å²) < 4.78 is 5.30. The van der Waals surface area contributed by atoms with E-state index in [1.54, 1.807) is 6.26 Å². The lowest BCUT2D eigenvalue weighted by atomic mass is 10.1. The van der Waals surface area contributed by atoms with Crippen molar-refractivity contribution >= 4 is 0 Å². The van der Waals surface area contributed by atoms with Crippen LogP contribution < -0.4 is 5.32 Å². The molecule has 0 radical (unpaired) electrons. The first kappa shape index (κ1) is 12.3. The zero-order valence-electron chi connectivity index (χ0n) is 9.62. The molecule has 1 rings (SSSR count). The molecule has 0 spiro atoms. The highest BCUT2D eigenvalue weighted by Crippen LogP contribution is 2.07. The summed E-state index contributed by atoms with van der Waals surface area (Å²) >= 11 is 0. The summed E-state index contributed by atoms with van der Waals surface area (Å²) in [4.78, 5) is 0. The molecule has 15 heavy (non-hydrogen) atoms. The van der Waals surface area contributed by atoms with Gasteiger partial charge in [0.25, 0.3) is 0 Å². The Morgan fingerprint density at radius 1 is 1.53 bits per heavy atom. The SMILES string of the molecule is CCC(O)CCCNCc1occc1C. The van der Waals surface area contributed by atoms with Crippen molar-refractivity contribution in [2.24, 2.45) is 0 Å². The van der Waals surface area contributed by atoms with Crippen molar-refractivity contribution in [3.8, 4) is 0 Å². The van der Waals surface area contributed by atoms with Gasteiger partial charge in [0.15, 0.2) is 0 Å². The quantitative estimate of drug-likeness (QED) is 0.680. The summed E-state index contributed by atoms with van der Waals surface area (Å²) in [5, 5.41) is 12.6. The maximum absolute atomic E-state index is 9.34. The van der Waals surface area contributed by atoms with E-state index in [-0.39, 0.29) is 6.10 Å². The Morgan fingerprint density at radius 2 is 2.33 bits per heavy atom. The number of aryl methyl sites for hydroxylation is 1. The van der Waals surface area contributed by atoms with Gasteiger partial charge in [-0.3, -0.25) is 0 Å². The van der Waals surface area contributed by atoms with Gasteiger partial charge in [-0.15, -0.1) is 0 Å². The van der Waals surface area contributed by atoms with Crippen LogP contribution in [0.4, 0.5) is 0 Å². The molecule has 1 atom stereocenters. The van der Waals surface area contributed by atoms with Gasteiger partial charge in [-0.25, -0.2) is 0 Å². The van der Waals surface area contributed by atoms with Gasteiger partial charge < -0.3 is 14.8 Å². The summed E-state index contributed by atoms with van der Waals surface area (Å²) in [6.07, 6.45) is 4.30. The van der Waals surface area contributed by atoms with E-state index in [1.807, 2.05) is 19.9 Å². The van der Waals surface area contributed by atoms with Gasteiger partial charge in [0.1, 0.15) is 5.76 Å². The minimum Gasteiger partial charge on any atom is -0.468 e. The number of hydrogen-bond donors (Lipinski definition) is 2. The molecular weight excluding hydrogens is 190 g/mol. The molecule has 3 nitrogen and oxygen atoms in total. The van der Waals surface area contributed by atoms with Gasteiger partial charge in [-0.2, -0.15) is 0 Å². The smallest absolute Gasteiger partial charge is 0.120 e. The third-order valence-electron chi connectivity index (χ3n) is 2.62. The Kier molecular flexibility index (Phi) is 5.43. The molecule has 0 fully saturated rings. The van der Waals surface area contributed by atoms with Gasteiger partial charge in [0, 0.05) is 0 Å². The highest BCUT2D eigenvalue weighted by molar-refractivity contribution is 5.13. The van der Waals surface area contributed by atoms with Crippen molar-refractivity contribution in [3.63, 3.8) is 0 Å². The lowest BCUT2D eigenvalue weighted by Crippen LogP contribution is -2.16. The van der Waals surface area contributed by atoms with E-state index >= 15 is 0 Å². The summed E-state index contributed by atoms with van der Waals surface area (Å²) in [5.74, 6) is 1.01. The number of aliphatic hydroxyl groups is 1. The highest BCUT2D eigenvalue weighted by Gasteiger charge is 2.02. The van der Waals surface area contributed by atoms with Gasteiger partial charge in [0.05, 0.1) is 18.9 Å². The lowest BCUT2D eigenvalue weighted by molar-refractivity contribution is 0.157. The number of aliphatic hydroxyl groups excluding tert-OH is 1. The average molecular weight is 211 g/mol. The van der Waals surface area contributed by atoms with Gasteiger partial charge >= 0.3 is 0 Å². The minimum atomic E-state index is -0.142. The molecule has 86 valence electrons. The second-order valence-electron chi connectivity index (χ2n) is 3.91. The van der Waals surface area contributed by atoms with Crippen LogP contribution in [-0.4, -0.2) is 17.8 Å². The van der Waals surface area contributed by atoms with Crippen LogP contribution in [0.1, 0.15) is 37.5 Å². The summed E-state index contributed by atoms with van der Waals surface area (Å²) in [7, 11) is 0. The molecule has 1 unspecified atom stereocenters. The predicted octanol–water partition coefficient (Wildman–Crippen LogP) is 2.23. The number of furan rings is 1. The molecule has 0 aromatic carbocycles. The van der Waals surface area contributed by atoms with E-state index < -0.39 is 0 Å². The molecule has 1 heterocycles. The van der Waals surface area contributed by atoms with E-state index in [0.717, 1.165) is 38.1 Å². The van der Waals surface area contributed by atoms with Gasteiger partial charge in [-0.05, 0) is 44.4 Å². The molecule has 0 amide bonds. The normalized spacial score (nSPS) is 13.0. The number of nitrogens with one attached hydrogen (secondary N) is 1. The second-order valence-corrected chi connectivity index (χ2v) is 3.91. The topological polar surface area (TPSA) is 45.4 Å². The van der Waals surface area contributed by atoms with Crippen molar-refractivity contribution < 1.29 is 9.52 Å². The molecule has 0 bridgehead atoms. The van der Waals surface area contributed by atoms with Crippen LogP contribution in [0.15, 0.2) is 16.7 Å². The molecule has 1 aromatic heterocycles. The molecule has 0 aliphatic carbocycles. The zero-order valence-corrected chi connectivity index (χ0v) is 9.62. The van der Waals surface area contributed by atoms with Crippen molar-refractivity contribution in [2.45, 2.75) is 45.8 Å². The molecule has 2 N–H and O–H groups in total. The largest absolute Gasteiger partial charge is 0.468 e. The maximum atomic E-state index is 9.34. The first-order valence-electron chi connectivity index (χ1n) is 5.65. The van der Waals surface area contributed by atoms with Gasteiger partial charge in [0.2, 0.25) is 0 Å². The Bertz CT molecular complexity index is 270. The van der Waals surface area contributed by atoms with E-state index in [0.29, 0.717) is 0 Å². The minimum absolute atomic E-state index is 0.142. The lowest BCUT2D eigenvalue weighted by Gasteiger charge is -2.07. The Hall–Kier alpha value is -0.800. The van der Waals surface area contributed by atoms with Crippen LogP contribution in [0.5, 0.6) is 0 Å². The van der Waals surface area contributed by atoms with Crippen LogP contribution in [0.25, 0.3) is 0 Å². The average Bonchev–Trinajstić information content (AvgIpc) is 2.63. The number of hydrogen-bond acceptors (Lipinski definition) is 3. The van der Waals surface area contributed by atoms with Crippen molar-refractivity contribution in [1.29, 1.82) is 0 Å². The maximum Gasteiger partial charge on any atom is 0.120 e. The molecule has 0 saturated carbocycles. The molecule has 0 aliphatic rings. The molecule has 0 saturated heterocycles. The molecule has 0 aliphatic heterocycles. The fourth-order valence-electron chi connectivity index (χ4n) is 1.45.